The zero-order chi connectivity index (χ0) is 34.2. The molecule has 0 saturated carbocycles. The molecule has 3 aromatic carbocycles. The average molecular weight is 674 g/mol. The van der Waals surface area contributed by atoms with E-state index in [4.69, 9.17) is 23.8 Å². The Hall–Kier alpha value is -6.07. The Morgan fingerprint density at radius 3 is 2.33 bits per heavy atom. The van der Waals surface area contributed by atoms with Gasteiger partial charge in [0.15, 0.2) is 17.5 Å². The van der Waals surface area contributed by atoms with E-state index in [-0.39, 0.29) is 5.92 Å². The largest absolute Gasteiger partial charge is 0.460 e. The van der Waals surface area contributed by atoms with Gasteiger partial charge in [0.25, 0.3) is 0 Å². The van der Waals surface area contributed by atoms with Gasteiger partial charge in [-0.15, -0.1) is 0 Å². The second-order valence-corrected chi connectivity index (χ2v) is 14.4. The van der Waals surface area contributed by atoms with Gasteiger partial charge >= 0.3 is 0 Å². The summed E-state index contributed by atoms with van der Waals surface area (Å²) in [5.74, 6) is 4.75. The lowest BCUT2D eigenvalue weighted by Gasteiger charge is -2.25. The van der Waals surface area contributed by atoms with Crippen molar-refractivity contribution in [1.29, 1.82) is 0 Å². The van der Waals surface area contributed by atoms with Crippen LogP contribution in [0.3, 0.4) is 0 Å². The Kier molecular flexibility index (Phi) is 6.69. The van der Waals surface area contributed by atoms with Crippen LogP contribution in [0.2, 0.25) is 0 Å². The van der Waals surface area contributed by atoms with Gasteiger partial charge in [-0.3, -0.25) is 0 Å². The number of allylic oxidation sites excluding steroid dienone is 11. The minimum absolute atomic E-state index is 0.268. The number of para-hydroxylation sites is 2. The van der Waals surface area contributed by atoms with Crippen LogP contribution in [0.15, 0.2) is 135 Å². The van der Waals surface area contributed by atoms with Gasteiger partial charge in [0.2, 0.25) is 0 Å². The normalized spacial score (nSPS) is 20.1. The van der Waals surface area contributed by atoms with Crippen molar-refractivity contribution in [3.05, 3.63) is 172 Å². The highest BCUT2D eigenvalue weighted by Crippen LogP contribution is 2.46. The van der Waals surface area contributed by atoms with Crippen LogP contribution in [0.4, 0.5) is 0 Å². The minimum Gasteiger partial charge on any atom is -0.460 e. The van der Waals surface area contributed by atoms with Crippen LogP contribution < -0.4 is 0 Å². The van der Waals surface area contributed by atoms with E-state index < -0.39 is 0 Å². The molecule has 5 aliphatic carbocycles. The molecular formula is C47H35N3O2. The van der Waals surface area contributed by atoms with Crippen LogP contribution in [0.5, 0.6) is 0 Å². The molecule has 2 atom stereocenters. The van der Waals surface area contributed by atoms with E-state index in [1.54, 1.807) is 0 Å². The molecule has 52 heavy (non-hydrogen) atoms. The zero-order valence-corrected chi connectivity index (χ0v) is 28.7. The molecule has 5 nitrogen and oxygen atoms in total. The highest BCUT2D eigenvalue weighted by molar-refractivity contribution is 6.00. The van der Waals surface area contributed by atoms with E-state index >= 15 is 0 Å². The van der Waals surface area contributed by atoms with Crippen LogP contribution in [0, 0.1) is 11.8 Å². The number of hydrogen-bond acceptors (Lipinski definition) is 5. The van der Waals surface area contributed by atoms with Crippen molar-refractivity contribution in [2.45, 2.75) is 38.5 Å². The summed E-state index contributed by atoms with van der Waals surface area (Å²) >= 11 is 0. The van der Waals surface area contributed by atoms with Crippen molar-refractivity contribution in [2.75, 3.05) is 0 Å². The van der Waals surface area contributed by atoms with Crippen molar-refractivity contribution in [1.82, 2.24) is 15.0 Å². The maximum Gasteiger partial charge on any atom is 0.165 e. The third kappa shape index (κ3) is 4.80. The molecule has 0 spiro atoms. The topological polar surface area (TPSA) is 65.0 Å². The van der Waals surface area contributed by atoms with Crippen LogP contribution >= 0.6 is 0 Å². The highest BCUT2D eigenvalue weighted by Gasteiger charge is 2.32. The first kappa shape index (κ1) is 29.6. The predicted octanol–water partition coefficient (Wildman–Crippen LogP) is 11.1. The van der Waals surface area contributed by atoms with E-state index in [1.165, 1.54) is 27.8 Å². The van der Waals surface area contributed by atoms with E-state index in [1.807, 2.05) is 12.1 Å². The fourth-order valence-electron chi connectivity index (χ4n) is 8.77. The number of hydrogen-bond donors (Lipinski definition) is 0. The van der Waals surface area contributed by atoms with E-state index in [2.05, 4.69) is 115 Å². The monoisotopic (exact) mass is 673 g/mol. The number of rotatable bonds is 4. The predicted molar refractivity (Wildman–Crippen MR) is 208 cm³/mol. The van der Waals surface area contributed by atoms with Gasteiger partial charge in [0.1, 0.15) is 22.7 Å². The fourth-order valence-corrected chi connectivity index (χ4v) is 8.77. The first-order valence-electron chi connectivity index (χ1n) is 18.5. The van der Waals surface area contributed by atoms with Crippen molar-refractivity contribution < 1.29 is 8.83 Å². The molecule has 2 unspecified atom stereocenters. The standard InChI is InChI=1S/C47H35N3O2/c1-3-11-30-25-33(19-17-28(30)9-1)45-48-46(34-20-18-29-10-2-4-12-31(29)26-34)50-47(49-45)44-35(22-24-42-43(44)37-14-6-8-16-40(37)52-42)32-21-23-41-38(27-32)36-13-5-7-15-39(36)51-41/h1-3,5-11,13-20,25-28,30H,4,12,21-24H2. The Morgan fingerprint density at radius 2 is 1.40 bits per heavy atom. The van der Waals surface area contributed by atoms with Crippen molar-refractivity contribution in [2.24, 2.45) is 11.8 Å². The number of furan rings is 2. The summed E-state index contributed by atoms with van der Waals surface area (Å²) in [6.45, 7) is 0. The lowest BCUT2D eigenvalue weighted by molar-refractivity contribution is 0.536. The molecule has 11 rings (SSSR count). The van der Waals surface area contributed by atoms with E-state index in [0.717, 1.165) is 94.3 Å². The summed E-state index contributed by atoms with van der Waals surface area (Å²) < 4.78 is 12.9. The zero-order valence-electron chi connectivity index (χ0n) is 28.7. The van der Waals surface area contributed by atoms with Gasteiger partial charge in [-0.2, -0.15) is 0 Å². The average Bonchev–Trinajstić information content (AvgIpc) is 3.78. The van der Waals surface area contributed by atoms with Crippen LogP contribution in [0.25, 0.3) is 56.6 Å². The van der Waals surface area contributed by atoms with E-state index in [9.17, 15) is 0 Å². The third-order valence-electron chi connectivity index (χ3n) is 11.3. The van der Waals surface area contributed by atoms with Crippen molar-refractivity contribution in [3.8, 4) is 11.4 Å². The molecule has 0 bridgehead atoms. The Morgan fingerprint density at radius 1 is 0.635 bits per heavy atom. The maximum atomic E-state index is 6.58. The number of fused-ring (bicyclic) bond motifs is 8. The first-order valence-corrected chi connectivity index (χ1v) is 18.5. The van der Waals surface area contributed by atoms with Gasteiger partial charge in [-0.25, -0.2) is 15.0 Å². The Labute approximate surface area is 301 Å². The molecule has 3 aromatic heterocycles. The first-order chi connectivity index (χ1) is 25.7. The third-order valence-corrected chi connectivity index (χ3v) is 11.3. The molecule has 0 saturated heterocycles. The summed E-state index contributed by atoms with van der Waals surface area (Å²) in [4.78, 5) is 16.0. The molecule has 0 radical (unpaired) electrons. The van der Waals surface area contributed by atoms with Crippen LogP contribution in [-0.2, 0) is 19.3 Å². The van der Waals surface area contributed by atoms with E-state index in [0.29, 0.717) is 23.4 Å². The van der Waals surface area contributed by atoms with Gasteiger partial charge in [-0.05, 0) is 72.2 Å². The van der Waals surface area contributed by atoms with Crippen molar-refractivity contribution >= 4 is 45.2 Å². The number of aryl methyl sites for hydroxylation is 3. The highest BCUT2D eigenvalue weighted by atomic mass is 16.3. The molecule has 0 N–H and O–H groups in total. The molecule has 5 heteroatoms. The molecule has 0 fully saturated rings. The lowest BCUT2D eigenvalue weighted by Crippen LogP contribution is -2.15. The van der Waals surface area contributed by atoms with Crippen LogP contribution in [-0.4, -0.2) is 15.0 Å². The summed E-state index contributed by atoms with van der Waals surface area (Å²) in [7, 11) is 0. The second kappa shape index (κ2) is 11.7. The van der Waals surface area contributed by atoms with Gasteiger partial charge in [0, 0.05) is 63.3 Å². The molecule has 0 aliphatic heterocycles. The summed E-state index contributed by atoms with van der Waals surface area (Å²) in [6.07, 6.45) is 27.9. The molecular weight excluding hydrogens is 639 g/mol. The van der Waals surface area contributed by atoms with Gasteiger partial charge < -0.3 is 8.83 Å². The molecule has 3 heterocycles. The number of aromatic nitrogens is 3. The van der Waals surface area contributed by atoms with Gasteiger partial charge in [-0.1, -0.05) is 103 Å². The summed E-state index contributed by atoms with van der Waals surface area (Å²) in [6, 6.07) is 23.4. The SMILES string of the molecule is C1=CC2C=CC(c3nc(C4=C(C5=Cc6c(oc7ccccc67)CC5)CCc5oc6ccccc6c54)nc(-c4ccc5c(c4)CCC=C5)n3)=CC2C=C1. The fraction of sp³-hybridized carbons (Fsp3) is 0.170. The van der Waals surface area contributed by atoms with Crippen LogP contribution in [0.1, 0.15) is 64.7 Å². The van der Waals surface area contributed by atoms with Gasteiger partial charge in [0.05, 0.1) is 0 Å². The summed E-state index contributed by atoms with van der Waals surface area (Å²) in [5.41, 5.74) is 12.4. The smallest absolute Gasteiger partial charge is 0.165 e. The molecule has 6 aromatic rings. The lowest BCUT2D eigenvalue weighted by atomic mass is 9.80. The molecule has 0 amide bonds. The summed E-state index contributed by atoms with van der Waals surface area (Å²) in [5, 5.41) is 2.26. The minimum atomic E-state index is 0.268. The maximum absolute atomic E-state index is 6.58. The quantitative estimate of drug-likeness (QED) is 0.186. The van der Waals surface area contributed by atoms with Crippen molar-refractivity contribution in [3.63, 3.8) is 0 Å². The number of nitrogens with zero attached hydrogens (tertiary/aromatic N) is 3. The Balaban J connectivity index is 1.16. The molecule has 5 aliphatic rings. The molecule has 250 valence electrons. The number of benzene rings is 3. The Bertz CT molecular complexity index is 2710. The second-order valence-electron chi connectivity index (χ2n) is 14.4.